The van der Waals surface area contributed by atoms with E-state index in [1.807, 2.05) is 24.3 Å². The van der Waals surface area contributed by atoms with E-state index in [0.717, 1.165) is 0 Å². The molecule has 1 aliphatic carbocycles. The Morgan fingerprint density at radius 2 is 1.64 bits per heavy atom. The zero-order valence-corrected chi connectivity index (χ0v) is 8.28. The molecule has 0 N–H and O–H groups in total. The number of benzene rings is 1. The summed E-state index contributed by atoms with van der Waals surface area (Å²) >= 11 is 0. The molecule has 1 fully saturated rings. The fourth-order valence-electron chi connectivity index (χ4n) is 2.24. The minimum Gasteiger partial charge on any atom is -0.145 e. The molecular formula is C12H15NO. The molecule has 74 valence electrons. The summed E-state index contributed by atoms with van der Waals surface area (Å²) < 4.78 is 0. The van der Waals surface area contributed by atoms with Gasteiger partial charge in [0.15, 0.2) is 0 Å². The molecule has 0 atom stereocenters. The van der Waals surface area contributed by atoms with Gasteiger partial charge in [0.05, 0.1) is 0 Å². The molecule has 0 aromatic heterocycles. The second-order valence-electron chi connectivity index (χ2n) is 4.02. The van der Waals surface area contributed by atoms with Crippen LogP contribution in [0.25, 0.3) is 0 Å². The molecule has 14 heavy (non-hydrogen) atoms. The summed E-state index contributed by atoms with van der Waals surface area (Å²) in [5, 5.41) is 2.91. The van der Waals surface area contributed by atoms with Crippen LogP contribution < -0.4 is 0 Å². The Hall–Kier alpha value is -1.18. The van der Waals surface area contributed by atoms with Crippen molar-refractivity contribution in [1.82, 2.24) is 0 Å². The van der Waals surface area contributed by atoms with Crippen molar-refractivity contribution in [3.05, 3.63) is 34.7 Å². The van der Waals surface area contributed by atoms with Crippen molar-refractivity contribution in [1.29, 1.82) is 0 Å². The van der Waals surface area contributed by atoms with Crippen LogP contribution in [0.2, 0.25) is 0 Å². The highest BCUT2D eigenvalue weighted by atomic mass is 16.3. The van der Waals surface area contributed by atoms with Gasteiger partial charge in [0, 0.05) is 0 Å². The third kappa shape index (κ3) is 2.00. The van der Waals surface area contributed by atoms with Gasteiger partial charge in [-0.2, -0.15) is 0 Å². The summed E-state index contributed by atoms with van der Waals surface area (Å²) in [7, 11) is 0. The van der Waals surface area contributed by atoms with Crippen LogP contribution in [-0.2, 0) is 0 Å². The van der Waals surface area contributed by atoms with Gasteiger partial charge in [-0.1, -0.05) is 31.4 Å². The van der Waals surface area contributed by atoms with Gasteiger partial charge in [0.2, 0.25) is 0 Å². The summed E-state index contributed by atoms with van der Waals surface area (Å²) in [4.78, 5) is 10.2. The number of hydrogen-bond donors (Lipinski definition) is 0. The van der Waals surface area contributed by atoms with Crippen molar-refractivity contribution >= 4 is 5.69 Å². The summed E-state index contributed by atoms with van der Waals surface area (Å²) in [5.41, 5.74) is 1.90. The molecule has 1 saturated carbocycles. The molecule has 2 rings (SSSR count). The lowest BCUT2D eigenvalue weighted by Gasteiger charge is -2.21. The fourth-order valence-corrected chi connectivity index (χ4v) is 2.24. The molecule has 0 aliphatic heterocycles. The van der Waals surface area contributed by atoms with Crippen LogP contribution >= 0.6 is 0 Å². The SMILES string of the molecule is O=Nc1ccc(C2CCCCC2)cc1. The first-order valence-electron chi connectivity index (χ1n) is 5.33. The van der Waals surface area contributed by atoms with E-state index in [1.165, 1.54) is 37.7 Å². The van der Waals surface area contributed by atoms with Gasteiger partial charge in [-0.25, -0.2) is 0 Å². The molecule has 0 bridgehead atoms. The highest BCUT2D eigenvalue weighted by molar-refractivity contribution is 5.39. The van der Waals surface area contributed by atoms with Gasteiger partial charge in [-0.3, -0.25) is 0 Å². The monoisotopic (exact) mass is 189 g/mol. The molecule has 1 aromatic carbocycles. The molecule has 0 saturated heterocycles. The van der Waals surface area contributed by atoms with Gasteiger partial charge in [-0.15, -0.1) is 4.91 Å². The maximum Gasteiger partial charge on any atom is 0.108 e. The minimum absolute atomic E-state index is 0.532. The normalized spacial score (nSPS) is 18.0. The van der Waals surface area contributed by atoms with Crippen LogP contribution in [0, 0.1) is 4.91 Å². The average molecular weight is 189 g/mol. The molecular weight excluding hydrogens is 174 g/mol. The van der Waals surface area contributed by atoms with Crippen molar-refractivity contribution in [2.24, 2.45) is 5.18 Å². The van der Waals surface area contributed by atoms with E-state index in [0.29, 0.717) is 11.6 Å². The first-order valence-corrected chi connectivity index (χ1v) is 5.33. The Morgan fingerprint density at radius 1 is 1.00 bits per heavy atom. The molecule has 1 aromatic rings. The predicted octanol–water partition coefficient (Wildman–Crippen LogP) is 4.13. The van der Waals surface area contributed by atoms with Gasteiger partial charge < -0.3 is 0 Å². The number of hydrogen-bond acceptors (Lipinski definition) is 2. The van der Waals surface area contributed by atoms with Gasteiger partial charge >= 0.3 is 0 Å². The molecule has 2 nitrogen and oxygen atoms in total. The molecule has 0 unspecified atom stereocenters. The number of nitroso groups, excluding NO2 is 1. The zero-order chi connectivity index (χ0) is 9.80. The van der Waals surface area contributed by atoms with Crippen LogP contribution in [-0.4, -0.2) is 0 Å². The minimum atomic E-state index is 0.532. The number of nitrogens with zero attached hydrogens (tertiary/aromatic N) is 1. The number of rotatable bonds is 2. The molecule has 1 aliphatic rings. The maximum absolute atomic E-state index is 10.2. The van der Waals surface area contributed by atoms with Gasteiger partial charge in [-0.05, 0) is 41.6 Å². The third-order valence-corrected chi connectivity index (χ3v) is 3.08. The maximum atomic E-state index is 10.2. The molecule has 0 amide bonds. The smallest absolute Gasteiger partial charge is 0.108 e. The largest absolute Gasteiger partial charge is 0.145 e. The molecule has 0 radical (unpaired) electrons. The predicted molar refractivity (Wildman–Crippen MR) is 57.7 cm³/mol. The first-order chi connectivity index (χ1) is 6.90. The highest BCUT2D eigenvalue weighted by Gasteiger charge is 2.14. The van der Waals surface area contributed by atoms with Crippen LogP contribution in [0.5, 0.6) is 0 Å². The third-order valence-electron chi connectivity index (χ3n) is 3.08. The topological polar surface area (TPSA) is 29.4 Å². The Morgan fingerprint density at radius 3 is 2.21 bits per heavy atom. The van der Waals surface area contributed by atoms with Crippen LogP contribution in [0.4, 0.5) is 5.69 Å². The van der Waals surface area contributed by atoms with Crippen molar-refractivity contribution < 1.29 is 0 Å². The molecule has 2 heteroatoms. The Balaban J connectivity index is 2.11. The Kier molecular flexibility index (Phi) is 2.92. The quantitative estimate of drug-likeness (QED) is 0.643. The lowest BCUT2D eigenvalue weighted by Crippen LogP contribution is -2.03. The van der Waals surface area contributed by atoms with E-state index in [2.05, 4.69) is 5.18 Å². The second-order valence-corrected chi connectivity index (χ2v) is 4.02. The summed E-state index contributed by atoms with van der Waals surface area (Å²) in [6.07, 6.45) is 6.67. The Labute approximate surface area is 84.3 Å². The Bertz CT molecular complexity index is 299. The van der Waals surface area contributed by atoms with E-state index in [-0.39, 0.29) is 0 Å². The lowest BCUT2D eigenvalue weighted by molar-refractivity contribution is 0.443. The zero-order valence-electron chi connectivity index (χ0n) is 8.28. The van der Waals surface area contributed by atoms with E-state index >= 15 is 0 Å². The summed E-state index contributed by atoms with van der Waals surface area (Å²) in [6, 6.07) is 7.73. The van der Waals surface area contributed by atoms with Crippen LogP contribution in [0.15, 0.2) is 29.4 Å². The van der Waals surface area contributed by atoms with Crippen LogP contribution in [0.1, 0.15) is 43.6 Å². The van der Waals surface area contributed by atoms with Crippen molar-refractivity contribution in [3.63, 3.8) is 0 Å². The van der Waals surface area contributed by atoms with E-state index in [9.17, 15) is 4.91 Å². The highest BCUT2D eigenvalue weighted by Crippen LogP contribution is 2.33. The lowest BCUT2D eigenvalue weighted by atomic mass is 9.84. The fraction of sp³-hybridized carbons (Fsp3) is 0.500. The van der Waals surface area contributed by atoms with Crippen molar-refractivity contribution in [3.8, 4) is 0 Å². The summed E-state index contributed by atoms with van der Waals surface area (Å²) in [5.74, 6) is 0.712. The van der Waals surface area contributed by atoms with Crippen molar-refractivity contribution in [2.45, 2.75) is 38.0 Å². The summed E-state index contributed by atoms with van der Waals surface area (Å²) in [6.45, 7) is 0. The standard InChI is InChI=1S/C12H15NO/c14-13-12-8-6-11(7-9-12)10-4-2-1-3-5-10/h6-10H,1-5H2. The first kappa shape index (κ1) is 9.38. The van der Waals surface area contributed by atoms with E-state index in [1.54, 1.807) is 0 Å². The second kappa shape index (κ2) is 4.36. The van der Waals surface area contributed by atoms with Crippen molar-refractivity contribution in [2.75, 3.05) is 0 Å². The van der Waals surface area contributed by atoms with E-state index < -0.39 is 0 Å². The average Bonchev–Trinajstić information content (AvgIpc) is 2.30. The molecule has 0 heterocycles. The van der Waals surface area contributed by atoms with Gasteiger partial charge in [0.1, 0.15) is 5.69 Å². The van der Waals surface area contributed by atoms with Crippen LogP contribution in [0.3, 0.4) is 0 Å². The van der Waals surface area contributed by atoms with E-state index in [4.69, 9.17) is 0 Å². The molecule has 0 spiro atoms. The van der Waals surface area contributed by atoms with Gasteiger partial charge in [0.25, 0.3) is 0 Å².